The smallest absolute Gasteiger partial charge is 0.0755 e. The monoisotopic (exact) mass is 252 g/mol. The number of benzene rings is 1. The molecule has 92 valence electrons. The van der Waals surface area contributed by atoms with Gasteiger partial charge in [0, 0.05) is 19.6 Å². The molecular weight excluding hydrogens is 236 g/mol. The van der Waals surface area contributed by atoms with Gasteiger partial charge in [0.1, 0.15) is 0 Å². The van der Waals surface area contributed by atoms with Crippen LogP contribution in [0.5, 0.6) is 0 Å². The van der Waals surface area contributed by atoms with Crippen LogP contribution < -0.4 is 10.6 Å². The second-order valence-electron chi connectivity index (χ2n) is 4.81. The van der Waals surface area contributed by atoms with Crippen LogP contribution in [0.15, 0.2) is 18.2 Å². The molecule has 0 saturated carbocycles. The molecule has 0 radical (unpaired) electrons. The Balaban J connectivity index is 1.93. The van der Waals surface area contributed by atoms with E-state index in [4.69, 9.17) is 22.1 Å². The van der Waals surface area contributed by atoms with Gasteiger partial charge in [0.15, 0.2) is 0 Å². The molecule has 0 aliphatic carbocycles. The number of hydrogen-bond acceptors (Lipinski definition) is 3. The lowest BCUT2D eigenvalue weighted by Gasteiger charge is -2.35. The summed E-state index contributed by atoms with van der Waals surface area (Å²) in [6.07, 6.45) is 3.08. The number of rotatable bonds is 2. The van der Waals surface area contributed by atoms with Crippen LogP contribution in [0, 0.1) is 0 Å². The molecule has 2 bridgehead atoms. The van der Waals surface area contributed by atoms with Crippen molar-refractivity contribution in [2.45, 2.75) is 31.6 Å². The molecule has 2 atom stereocenters. The van der Waals surface area contributed by atoms with E-state index in [2.05, 4.69) is 11.0 Å². The highest BCUT2D eigenvalue weighted by Gasteiger charge is 2.34. The second kappa shape index (κ2) is 4.48. The Morgan fingerprint density at radius 3 is 2.65 bits per heavy atom. The number of nitrogens with zero attached hydrogens (tertiary/aromatic N) is 1. The minimum atomic E-state index is 0.371. The first kappa shape index (κ1) is 11.3. The molecule has 2 aliphatic heterocycles. The van der Waals surface area contributed by atoms with E-state index in [0.29, 0.717) is 18.8 Å². The van der Waals surface area contributed by atoms with Gasteiger partial charge in [0.05, 0.1) is 22.9 Å². The molecule has 1 aromatic rings. The van der Waals surface area contributed by atoms with E-state index in [-0.39, 0.29) is 0 Å². The van der Waals surface area contributed by atoms with Crippen molar-refractivity contribution in [2.75, 3.05) is 18.0 Å². The molecule has 17 heavy (non-hydrogen) atoms. The molecule has 2 unspecified atom stereocenters. The van der Waals surface area contributed by atoms with Gasteiger partial charge in [-0.05, 0) is 24.5 Å². The van der Waals surface area contributed by atoms with E-state index in [1.54, 1.807) is 0 Å². The Hall–Kier alpha value is -0.770. The lowest BCUT2D eigenvalue weighted by atomic mass is 10.1. The largest absolute Gasteiger partial charge is 0.371 e. The SMILES string of the molecule is NCc1cccc(Cl)c1N1CC2CCC(C1)O2. The predicted molar refractivity (Wildman–Crippen MR) is 69.5 cm³/mol. The minimum Gasteiger partial charge on any atom is -0.371 e. The number of nitrogens with two attached hydrogens (primary N) is 1. The number of fused-ring (bicyclic) bond motifs is 2. The van der Waals surface area contributed by atoms with Crippen molar-refractivity contribution in [3.63, 3.8) is 0 Å². The molecule has 1 aromatic carbocycles. The molecule has 2 saturated heterocycles. The van der Waals surface area contributed by atoms with E-state index in [1.165, 1.54) is 12.8 Å². The van der Waals surface area contributed by atoms with Gasteiger partial charge in [-0.2, -0.15) is 0 Å². The molecule has 0 aromatic heterocycles. The molecular formula is C13H17ClN2O. The quantitative estimate of drug-likeness (QED) is 0.877. The van der Waals surface area contributed by atoms with E-state index >= 15 is 0 Å². The maximum absolute atomic E-state index is 6.32. The third-order valence-electron chi connectivity index (χ3n) is 3.65. The highest BCUT2D eigenvalue weighted by molar-refractivity contribution is 6.33. The number of hydrogen-bond donors (Lipinski definition) is 1. The molecule has 2 fully saturated rings. The van der Waals surface area contributed by atoms with Crippen molar-refractivity contribution >= 4 is 17.3 Å². The van der Waals surface area contributed by atoms with Crippen LogP contribution in [0.2, 0.25) is 5.02 Å². The van der Waals surface area contributed by atoms with Gasteiger partial charge in [0.2, 0.25) is 0 Å². The molecule has 2 aliphatic rings. The minimum absolute atomic E-state index is 0.371. The summed E-state index contributed by atoms with van der Waals surface area (Å²) in [5.74, 6) is 0. The summed E-state index contributed by atoms with van der Waals surface area (Å²) in [6, 6.07) is 5.95. The van der Waals surface area contributed by atoms with Gasteiger partial charge in [-0.15, -0.1) is 0 Å². The Morgan fingerprint density at radius 1 is 1.29 bits per heavy atom. The molecule has 0 amide bonds. The van der Waals surface area contributed by atoms with Gasteiger partial charge in [0.25, 0.3) is 0 Å². The topological polar surface area (TPSA) is 38.5 Å². The average Bonchev–Trinajstić information content (AvgIpc) is 2.68. The van der Waals surface area contributed by atoms with Crippen LogP contribution in [0.1, 0.15) is 18.4 Å². The summed E-state index contributed by atoms with van der Waals surface area (Å²) in [7, 11) is 0. The molecule has 2 N–H and O–H groups in total. The van der Waals surface area contributed by atoms with Crippen molar-refractivity contribution in [3.8, 4) is 0 Å². The second-order valence-corrected chi connectivity index (χ2v) is 5.22. The predicted octanol–water partition coefficient (Wildman–Crippen LogP) is 2.17. The third-order valence-corrected chi connectivity index (χ3v) is 3.96. The summed E-state index contributed by atoms with van der Waals surface area (Å²) < 4.78 is 5.85. The summed E-state index contributed by atoms with van der Waals surface area (Å²) in [5.41, 5.74) is 8.03. The third kappa shape index (κ3) is 2.03. The molecule has 3 rings (SSSR count). The normalized spacial score (nSPS) is 27.5. The van der Waals surface area contributed by atoms with Gasteiger partial charge >= 0.3 is 0 Å². The fourth-order valence-corrected chi connectivity index (χ4v) is 3.19. The summed E-state index contributed by atoms with van der Waals surface area (Å²) in [4.78, 5) is 2.34. The van der Waals surface area contributed by atoms with Crippen LogP contribution in [0.4, 0.5) is 5.69 Å². The van der Waals surface area contributed by atoms with Crippen LogP contribution in [-0.4, -0.2) is 25.3 Å². The Kier molecular flexibility index (Phi) is 2.99. The number of anilines is 1. The van der Waals surface area contributed by atoms with E-state index < -0.39 is 0 Å². The fourth-order valence-electron chi connectivity index (χ4n) is 2.88. The molecule has 2 heterocycles. The summed E-state index contributed by atoms with van der Waals surface area (Å²) in [5, 5.41) is 0.800. The molecule has 3 nitrogen and oxygen atoms in total. The van der Waals surface area contributed by atoms with E-state index in [9.17, 15) is 0 Å². The van der Waals surface area contributed by atoms with Crippen LogP contribution >= 0.6 is 11.6 Å². The lowest BCUT2D eigenvalue weighted by molar-refractivity contribution is 0.0304. The standard InChI is InChI=1S/C13H17ClN2O/c14-12-3-1-2-9(6-15)13(12)16-7-10-4-5-11(8-16)17-10/h1-3,10-11H,4-8,15H2. The molecule has 4 heteroatoms. The van der Waals surface area contributed by atoms with E-state index in [1.807, 2.05) is 12.1 Å². The number of morpholine rings is 1. The fraction of sp³-hybridized carbons (Fsp3) is 0.538. The maximum Gasteiger partial charge on any atom is 0.0755 e. The van der Waals surface area contributed by atoms with Crippen molar-refractivity contribution in [1.82, 2.24) is 0 Å². The average molecular weight is 253 g/mol. The first-order valence-electron chi connectivity index (χ1n) is 6.16. The summed E-state index contributed by atoms with van der Waals surface area (Å²) >= 11 is 6.32. The lowest BCUT2D eigenvalue weighted by Crippen LogP contribution is -2.43. The zero-order valence-corrected chi connectivity index (χ0v) is 10.5. The number of halogens is 1. The zero-order chi connectivity index (χ0) is 11.8. The zero-order valence-electron chi connectivity index (χ0n) is 9.73. The Labute approximate surface area is 106 Å². The first-order valence-corrected chi connectivity index (χ1v) is 6.53. The Bertz CT molecular complexity index is 412. The van der Waals surface area contributed by atoms with Crippen LogP contribution in [0.25, 0.3) is 0 Å². The van der Waals surface area contributed by atoms with Gasteiger partial charge in [-0.25, -0.2) is 0 Å². The molecule has 0 spiro atoms. The van der Waals surface area contributed by atoms with Gasteiger partial charge in [-0.1, -0.05) is 23.7 Å². The van der Waals surface area contributed by atoms with Crippen molar-refractivity contribution < 1.29 is 4.74 Å². The Morgan fingerprint density at radius 2 is 2.00 bits per heavy atom. The van der Waals surface area contributed by atoms with Crippen molar-refractivity contribution in [1.29, 1.82) is 0 Å². The van der Waals surface area contributed by atoms with E-state index in [0.717, 1.165) is 29.4 Å². The van der Waals surface area contributed by atoms with Crippen LogP contribution in [0.3, 0.4) is 0 Å². The number of para-hydroxylation sites is 1. The van der Waals surface area contributed by atoms with Crippen molar-refractivity contribution in [2.24, 2.45) is 5.73 Å². The summed E-state index contributed by atoms with van der Waals surface area (Å²) in [6.45, 7) is 2.41. The highest BCUT2D eigenvalue weighted by Crippen LogP contribution is 2.35. The van der Waals surface area contributed by atoms with Gasteiger partial charge < -0.3 is 15.4 Å². The van der Waals surface area contributed by atoms with Gasteiger partial charge in [-0.3, -0.25) is 0 Å². The van der Waals surface area contributed by atoms with Crippen LogP contribution in [-0.2, 0) is 11.3 Å². The maximum atomic E-state index is 6.32. The first-order chi connectivity index (χ1) is 8.28. The van der Waals surface area contributed by atoms with Crippen molar-refractivity contribution in [3.05, 3.63) is 28.8 Å². The highest BCUT2D eigenvalue weighted by atomic mass is 35.5. The number of ether oxygens (including phenoxy) is 1.